The van der Waals surface area contributed by atoms with E-state index in [2.05, 4.69) is 5.32 Å². The fourth-order valence-electron chi connectivity index (χ4n) is 0.906. The second-order valence-electron chi connectivity index (χ2n) is 4.19. The van der Waals surface area contributed by atoms with Gasteiger partial charge in [-0.25, -0.2) is 8.42 Å². The van der Waals surface area contributed by atoms with E-state index in [0.29, 0.717) is 0 Å². The van der Waals surface area contributed by atoms with Crippen LogP contribution in [0.4, 0.5) is 0 Å². The van der Waals surface area contributed by atoms with Crippen molar-refractivity contribution in [1.82, 2.24) is 5.32 Å². The molecule has 1 amide bonds. The lowest BCUT2D eigenvalue weighted by Crippen LogP contribution is -2.52. The molecule has 6 heteroatoms. The van der Waals surface area contributed by atoms with Gasteiger partial charge in [0, 0.05) is 12.3 Å². The smallest absolute Gasteiger partial charge is 0.239 e. The maximum absolute atomic E-state index is 11.3. The van der Waals surface area contributed by atoms with Gasteiger partial charge in [-0.05, 0) is 20.8 Å². The first-order valence-electron chi connectivity index (χ1n) is 4.30. The molecule has 0 aromatic carbocycles. The molecule has 14 heavy (non-hydrogen) atoms. The standard InChI is InChI=1S/C8H18N2O3S/c1-6(5-14(4,12)13)10-7(11)8(2,3)9/h6H,5,9H2,1-4H3,(H,10,11). The Morgan fingerprint density at radius 1 is 1.50 bits per heavy atom. The van der Waals surface area contributed by atoms with Gasteiger partial charge < -0.3 is 11.1 Å². The molecule has 0 aromatic heterocycles. The average Bonchev–Trinajstić information content (AvgIpc) is 1.79. The van der Waals surface area contributed by atoms with E-state index in [1.54, 1.807) is 20.8 Å². The van der Waals surface area contributed by atoms with Crippen LogP contribution >= 0.6 is 0 Å². The van der Waals surface area contributed by atoms with Crippen molar-refractivity contribution in [3.8, 4) is 0 Å². The zero-order valence-corrected chi connectivity index (χ0v) is 9.81. The van der Waals surface area contributed by atoms with Gasteiger partial charge in [-0.1, -0.05) is 0 Å². The van der Waals surface area contributed by atoms with Gasteiger partial charge in [0.2, 0.25) is 5.91 Å². The normalized spacial score (nSPS) is 14.9. The van der Waals surface area contributed by atoms with Crippen LogP contribution in [-0.2, 0) is 14.6 Å². The Bertz CT molecular complexity index is 303. The monoisotopic (exact) mass is 222 g/mol. The summed E-state index contributed by atoms with van der Waals surface area (Å²) in [5.74, 6) is -0.428. The topological polar surface area (TPSA) is 89.3 Å². The summed E-state index contributed by atoms with van der Waals surface area (Å²) in [5, 5.41) is 2.53. The zero-order valence-electron chi connectivity index (χ0n) is 8.99. The molecule has 0 bridgehead atoms. The highest BCUT2D eigenvalue weighted by Gasteiger charge is 2.24. The lowest BCUT2D eigenvalue weighted by molar-refractivity contribution is -0.125. The molecular weight excluding hydrogens is 204 g/mol. The molecule has 0 aliphatic rings. The Morgan fingerprint density at radius 2 is 1.93 bits per heavy atom. The van der Waals surface area contributed by atoms with Crippen LogP contribution in [-0.4, -0.2) is 37.9 Å². The number of nitrogens with one attached hydrogen (secondary N) is 1. The molecule has 0 radical (unpaired) electrons. The molecule has 1 atom stereocenters. The quantitative estimate of drug-likeness (QED) is 0.656. The first kappa shape index (κ1) is 13.4. The molecule has 0 spiro atoms. The molecule has 0 saturated carbocycles. The molecule has 84 valence electrons. The first-order valence-corrected chi connectivity index (χ1v) is 6.36. The van der Waals surface area contributed by atoms with E-state index in [0.717, 1.165) is 6.26 Å². The minimum atomic E-state index is -3.07. The summed E-state index contributed by atoms with van der Waals surface area (Å²) < 4.78 is 21.8. The predicted octanol–water partition coefficient (Wildman–Crippen LogP) is -0.727. The summed E-state index contributed by atoms with van der Waals surface area (Å²) in [6.45, 7) is 4.76. The molecule has 0 aromatic rings. The van der Waals surface area contributed by atoms with E-state index >= 15 is 0 Å². The summed E-state index contributed by atoms with van der Waals surface area (Å²) in [6, 6.07) is -0.416. The van der Waals surface area contributed by atoms with Gasteiger partial charge >= 0.3 is 0 Å². The van der Waals surface area contributed by atoms with Crippen LogP contribution < -0.4 is 11.1 Å². The first-order chi connectivity index (χ1) is 6.02. The van der Waals surface area contributed by atoms with E-state index in [9.17, 15) is 13.2 Å². The molecule has 0 aliphatic heterocycles. The van der Waals surface area contributed by atoms with Crippen molar-refractivity contribution in [3.05, 3.63) is 0 Å². The van der Waals surface area contributed by atoms with Gasteiger partial charge in [-0.2, -0.15) is 0 Å². The van der Waals surface area contributed by atoms with E-state index in [1.807, 2.05) is 0 Å². The van der Waals surface area contributed by atoms with Gasteiger partial charge in [-0.3, -0.25) is 4.79 Å². The Labute approximate surface area is 85.0 Å². The van der Waals surface area contributed by atoms with Gasteiger partial charge in [0.1, 0.15) is 9.84 Å². The third-order valence-electron chi connectivity index (χ3n) is 1.52. The molecule has 1 unspecified atom stereocenters. The molecule has 0 rings (SSSR count). The van der Waals surface area contributed by atoms with Crippen molar-refractivity contribution < 1.29 is 13.2 Å². The number of carbonyl (C=O) groups excluding carboxylic acids is 1. The summed E-state index contributed by atoms with van der Waals surface area (Å²) in [6.07, 6.45) is 1.13. The molecule has 0 aliphatic carbocycles. The summed E-state index contributed by atoms with van der Waals surface area (Å²) in [5.41, 5.74) is 4.55. The van der Waals surface area contributed by atoms with Gasteiger partial charge in [0.05, 0.1) is 11.3 Å². The van der Waals surface area contributed by atoms with Crippen LogP contribution in [0.2, 0.25) is 0 Å². The molecule has 5 nitrogen and oxygen atoms in total. The summed E-state index contributed by atoms with van der Waals surface area (Å²) in [7, 11) is -3.07. The fraction of sp³-hybridized carbons (Fsp3) is 0.875. The van der Waals surface area contributed by atoms with Gasteiger partial charge in [-0.15, -0.1) is 0 Å². The van der Waals surface area contributed by atoms with E-state index in [-0.39, 0.29) is 11.7 Å². The third-order valence-corrected chi connectivity index (χ3v) is 2.62. The number of carbonyl (C=O) groups is 1. The zero-order chi connectivity index (χ0) is 11.6. The number of rotatable bonds is 4. The number of hydrogen-bond donors (Lipinski definition) is 2. The average molecular weight is 222 g/mol. The lowest BCUT2D eigenvalue weighted by atomic mass is 10.1. The SMILES string of the molecule is CC(CS(C)(=O)=O)NC(=O)C(C)(C)N. The van der Waals surface area contributed by atoms with Crippen molar-refractivity contribution in [2.75, 3.05) is 12.0 Å². The minimum absolute atomic E-state index is 0.0746. The summed E-state index contributed by atoms with van der Waals surface area (Å²) >= 11 is 0. The third kappa shape index (κ3) is 5.93. The second kappa shape index (κ2) is 4.27. The van der Waals surface area contributed by atoms with Crippen LogP contribution in [0.3, 0.4) is 0 Å². The van der Waals surface area contributed by atoms with Crippen LogP contribution in [0, 0.1) is 0 Å². The van der Waals surface area contributed by atoms with Crippen LogP contribution in [0.1, 0.15) is 20.8 Å². The summed E-state index contributed by atoms with van der Waals surface area (Å²) in [4.78, 5) is 11.3. The molecular formula is C8H18N2O3S. The molecule has 3 N–H and O–H groups in total. The molecule has 0 heterocycles. The predicted molar refractivity (Wildman–Crippen MR) is 55.6 cm³/mol. The van der Waals surface area contributed by atoms with E-state index in [1.165, 1.54) is 0 Å². The fourth-order valence-corrected chi connectivity index (χ4v) is 1.90. The van der Waals surface area contributed by atoms with Crippen LogP contribution in [0.15, 0.2) is 0 Å². The van der Waals surface area contributed by atoms with Crippen molar-refractivity contribution in [2.24, 2.45) is 5.73 Å². The van der Waals surface area contributed by atoms with E-state index in [4.69, 9.17) is 5.73 Å². The van der Waals surface area contributed by atoms with Crippen LogP contribution in [0.5, 0.6) is 0 Å². The second-order valence-corrected chi connectivity index (χ2v) is 6.37. The van der Waals surface area contributed by atoms with Crippen molar-refractivity contribution in [2.45, 2.75) is 32.4 Å². The number of nitrogens with two attached hydrogens (primary N) is 1. The van der Waals surface area contributed by atoms with Crippen LogP contribution in [0.25, 0.3) is 0 Å². The Kier molecular flexibility index (Phi) is 4.08. The lowest BCUT2D eigenvalue weighted by Gasteiger charge is -2.21. The maximum Gasteiger partial charge on any atom is 0.239 e. The van der Waals surface area contributed by atoms with Crippen molar-refractivity contribution in [3.63, 3.8) is 0 Å². The number of hydrogen-bond acceptors (Lipinski definition) is 4. The number of amides is 1. The van der Waals surface area contributed by atoms with Crippen molar-refractivity contribution in [1.29, 1.82) is 0 Å². The Morgan fingerprint density at radius 3 is 2.21 bits per heavy atom. The maximum atomic E-state index is 11.3. The highest BCUT2D eigenvalue weighted by molar-refractivity contribution is 7.90. The van der Waals surface area contributed by atoms with Gasteiger partial charge in [0.25, 0.3) is 0 Å². The Hall–Kier alpha value is -0.620. The largest absolute Gasteiger partial charge is 0.351 e. The number of sulfone groups is 1. The molecule has 0 saturated heterocycles. The van der Waals surface area contributed by atoms with E-state index < -0.39 is 21.4 Å². The van der Waals surface area contributed by atoms with Gasteiger partial charge in [0.15, 0.2) is 0 Å². The minimum Gasteiger partial charge on any atom is -0.351 e. The van der Waals surface area contributed by atoms with Crippen molar-refractivity contribution >= 4 is 15.7 Å². The Balaban J connectivity index is 4.22. The highest BCUT2D eigenvalue weighted by Crippen LogP contribution is 1.98. The molecule has 0 fully saturated rings. The highest BCUT2D eigenvalue weighted by atomic mass is 32.2.